The van der Waals surface area contributed by atoms with Crippen LogP contribution in [0.15, 0.2) is 21.9 Å². The first-order valence-corrected chi connectivity index (χ1v) is 12.0. The van der Waals surface area contributed by atoms with E-state index in [9.17, 15) is 59.1 Å². The summed E-state index contributed by atoms with van der Waals surface area (Å²) in [5, 5.41) is 63.5. The molecule has 0 spiro atoms. The van der Waals surface area contributed by atoms with Crippen molar-refractivity contribution in [1.82, 2.24) is 20.2 Å². The van der Waals surface area contributed by atoms with Crippen LogP contribution in [0.25, 0.3) is 0 Å². The van der Waals surface area contributed by atoms with E-state index in [2.05, 4.69) is 4.74 Å². The molecular weight excluding hydrogens is 576 g/mol. The average molecular weight is 606 g/mol. The number of aromatic amines is 1. The topological polar surface area (TPSA) is 356 Å². The highest BCUT2D eigenvalue weighted by atomic mass is 16.6. The second-order valence-corrected chi connectivity index (χ2v) is 9.02. The molecular formula is C21H30N6O15. The number of amides is 3. The molecule has 1 aromatic rings. The molecule has 21 nitrogen and oxygen atoms in total. The molecule has 2 heterocycles. The molecule has 1 aromatic heterocycles. The summed E-state index contributed by atoms with van der Waals surface area (Å²) in [4.78, 5) is 84.7. The summed E-state index contributed by atoms with van der Waals surface area (Å²) in [6.07, 6.45) is -13.6. The summed E-state index contributed by atoms with van der Waals surface area (Å²) >= 11 is 0. The number of nitrogens with zero attached hydrogens (tertiary/aromatic N) is 1. The fourth-order valence-corrected chi connectivity index (χ4v) is 3.81. The summed E-state index contributed by atoms with van der Waals surface area (Å²) in [5.41, 5.74) is 8.49. The molecule has 3 amide bonds. The zero-order valence-corrected chi connectivity index (χ0v) is 21.4. The van der Waals surface area contributed by atoms with Crippen LogP contribution < -0.4 is 33.3 Å². The number of aliphatic hydroxyl groups is 4. The number of rotatable bonds is 14. The zero-order valence-electron chi connectivity index (χ0n) is 21.4. The lowest BCUT2D eigenvalue weighted by molar-refractivity contribution is -0.145. The summed E-state index contributed by atoms with van der Waals surface area (Å²) < 4.78 is 10.4. The Kier molecular flexibility index (Phi) is 11.6. The van der Waals surface area contributed by atoms with E-state index in [1.54, 1.807) is 0 Å². The number of hydrogen-bond acceptors (Lipinski definition) is 14. The van der Waals surface area contributed by atoms with Crippen molar-refractivity contribution < 1.29 is 64.1 Å². The van der Waals surface area contributed by atoms with Crippen LogP contribution >= 0.6 is 0 Å². The molecule has 21 heteroatoms. The smallest absolute Gasteiger partial charge is 0.404 e. The van der Waals surface area contributed by atoms with E-state index in [1.165, 1.54) is 0 Å². The van der Waals surface area contributed by atoms with Crippen LogP contribution in [-0.4, -0.2) is 125 Å². The Labute approximate surface area is 233 Å². The Balaban J connectivity index is 2.38. The molecule has 0 radical (unpaired) electrons. The van der Waals surface area contributed by atoms with Gasteiger partial charge >= 0.3 is 23.7 Å². The number of hydrogen-bond donors (Lipinski definition) is 11. The maximum absolute atomic E-state index is 13.2. The lowest BCUT2D eigenvalue weighted by Crippen LogP contribution is -2.63. The summed E-state index contributed by atoms with van der Waals surface area (Å²) in [7, 11) is 0. The van der Waals surface area contributed by atoms with Crippen molar-refractivity contribution in [2.24, 2.45) is 11.5 Å². The SMILES string of the molecule is NC(=O)OCC(O)C(O)C(N)C(=O)NC(C(=O)NC(CCC(=O)O)C(=O)O)[C@H]1O[C@@H](n2ccc(=O)[nH]c2=O)[C@H](O)[C@@H]1O. The van der Waals surface area contributed by atoms with E-state index in [4.69, 9.17) is 21.3 Å². The molecule has 2 rings (SSSR count). The van der Waals surface area contributed by atoms with Crippen molar-refractivity contribution in [3.05, 3.63) is 33.1 Å². The van der Waals surface area contributed by atoms with Crippen molar-refractivity contribution in [2.75, 3.05) is 6.61 Å². The number of aromatic nitrogens is 2. The van der Waals surface area contributed by atoms with Crippen LogP contribution in [0.4, 0.5) is 4.79 Å². The Hall–Kier alpha value is -4.41. The molecule has 234 valence electrons. The number of H-pyrrole nitrogens is 1. The Bertz CT molecular complexity index is 1280. The van der Waals surface area contributed by atoms with Gasteiger partial charge in [-0.05, 0) is 6.42 Å². The van der Waals surface area contributed by atoms with Crippen molar-refractivity contribution in [2.45, 2.75) is 67.7 Å². The minimum absolute atomic E-state index is 0.618. The molecule has 1 aliphatic heterocycles. The van der Waals surface area contributed by atoms with E-state index in [0.717, 1.165) is 12.3 Å². The van der Waals surface area contributed by atoms with Gasteiger partial charge in [0.2, 0.25) is 11.8 Å². The van der Waals surface area contributed by atoms with Gasteiger partial charge in [-0.15, -0.1) is 0 Å². The van der Waals surface area contributed by atoms with Gasteiger partial charge in [0.05, 0.1) is 0 Å². The first-order chi connectivity index (χ1) is 19.5. The number of aliphatic carboxylic acids is 2. The quantitative estimate of drug-likeness (QED) is 0.0936. The third-order valence-electron chi connectivity index (χ3n) is 6.03. The molecule has 1 aliphatic rings. The van der Waals surface area contributed by atoms with Crippen molar-refractivity contribution in [3.8, 4) is 0 Å². The first-order valence-electron chi connectivity index (χ1n) is 12.0. The van der Waals surface area contributed by atoms with Crippen LogP contribution in [0, 0.1) is 0 Å². The summed E-state index contributed by atoms with van der Waals surface area (Å²) in [6.45, 7) is -0.891. The number of ether oxygens (including phenoxy) is 2. The molecule has 13 N–H and O–H groups in total. The van der Waals surface area contributed by atoms with Gasteiger partial charge in [-0.2, -0.15) is 0 Å². The third-order valence-corrected chi connectivity index (χ3v) is 6.03. The van der Waals surface area contributed by atoms with Gasteiger partial charge in [-0.3, -0.25) is 28.7 Å². The molecule has 1 saturated heterocycles. The monoisotopic (exact) mass is 606 g/mol. The normalized spacial score (nSPS) is 23.5. The highest BCUT2D eigenvalue weighted by Gasteiger charge is 2.50. The summed E-state index contributed by atoms with van der Waals surface area (Å²) in [6, 6.07) is -5.15. The molecule has 1 fully saturated rings. The molecule has 0 saturated carbocycles. The molecule has 0 aliphatic carbocycles. The van der Waals surface area contributed by atoms with E-state index in [-0.39, 0.29) is 0 Å². The number of primary amides is 1. The van der Waals surface area contributed by atoms with Gasteiger partial charge in [-0.25, -0.2) is 14.4 Å². The van der Waals surface area contributed by atoms with Crippen LogP contribution in [0.5, 0.6) is 0 Å². The van der Waals surface area contributed by atoms with Gasteiger partial charge < -0.3 is 62.2 Å². The number of carbonyl (C=O) groups is 5. The number of nitrogens with two attached hydrogens (primary N) is 2. The molecule has 9 atom stereocenters. The van der Waals surface area contributed by atoms with E-state index in [1.807, 2.05) is 15.6 Å². The zero-order chi connectivity index (χ0) is 31.9. The van der Waals surface area contributed by atoms with Gasteiger partial charge in [0.15, 0.2) is 6.23 Å². The molecule has 42 heavy (non-hydrogen) atoms. The predicted octanol–water partition coefficient (Wildman–Crippen LogP) is -6.78. The van der Waals surface area contributed by atoms with Crippen LogP contribution in [0.2, 0.25) is 0 Å². The molecule has 0 bridgehead atoms. The Morgan fingerprint density at radius 3 is 2.26 bits per heavy atom. The molecule has 0 aromatic carbocycles. The number of nitrogens with one attached hydrogen (secondary N) is 3. The number of carboxylic acid groups (broad SMARTS) is 2. The standard InChI is InChI=1S/C21H30N6O15/c22-10(12(32)7(28)5-41-20(23)39)16(35)26-11(17(36)24-6(19(37)38)1-2-9(30)31)15-13(33)14(34)18(42-15)27-4-3-8(29)25-21(27)40/h3-4,6-7,10-15,18,28,32-34H,1-2,5,22H2,(H2,23,39)(H,24,36)(H,26,35)(H,30,31)(H,37,38)(H,25,29,40)/t6?,7?,10?,11?,12?,13-,14+,15+,18+/m0/s1. The highest BCUT2D eigenvalue weighted by Crippen LogP contribution is 2.30. The van der Waals surface area contributed by atoms with Crippen molar-refractivity contribution in [3.63, 3.8) is 0 Å². The average Bonchev–Trinajstić information content (AvgIpc) is 3.20. The maximum atomic E-state index is 13.2. The minimum atomic E-state index is -2.14. The van der Waals surface area contributed by atoms with E-state index >= 15 is 0 Å². The minimum Gasteiger partial charge on any atom is -0.481 e. The number of aliphatic hydroxyl groups excluding tert-OH is 4. The maximum Gasteiger partial charge on any atom is 0.404 e. The van der Waals surface area contributed by atoms with Gasteiger partial charge in [0.25, 0.3) is 5.56 Å². The Morgan fingerprint density at radius 2 is 1.71 bits per heavy atom. The van der Waals surface area contributed by atoms with Gasteiger partial charge in [-0.1, -0.05) is 0 Å². The lowest BCUT2D eigenvalue weighted by atomic mass is 10.00. The van der Waals surface area contributed by atoms with Crippen LogP contribution in [0.1, 0.15) is 19.1 Å². The Morgan fingerprint density at radius 1 is 1.07 bits per heavy atom. The number of carboxylic acids is 2. The van der Waals surface area contributed by atoms with Gasteiger partial charge in [0.1, 0.15) is 55.3 Å². The van der Waals surface area contributed by atoms with Crippen LogP contribution in [-0.2, 0) is 28.7 Å². The lowest BCUT2D eigenvalue weighted by Gasteiger charge is -2.29. The van der Waals surface area contributed by atoms with E-state index < -0.39 is 115 Å². The van der Waals surface area contributed by atoms with Gasteiger partial charge in [0, 0.05) is 18.7 Å². The predicted molar refractivity (Wildman–Crippen MR) is 131 cm³/mol. The summed E-state index contributed by atoms with van der Waals surface area (Å²) in [5.74, 6) is -5.88. The van der Waals surface area contributed by atoms with Crippen LogP contribution in [0.3, 0.4) is 0 Å². The number of carbonyl (C=O) groups excluding carboxylic acids is 3. The largest absolute Gasteiger partial charge is 0.481 e. The third kappa shape index (κ3) is 8.55. The fourth-order valence-electron chi connectivity index (χ4n) is 3.81. The van der Waals surface area contributed by atoms with Crippen molar-refractivity contribution >= 4 is 29.8 Å². The van der Waals surface area contributed by atoms with E-state index in [0.29, 0.717) is 4.57 Å². The molecule has 5 unspecified atom stereocenters. The second-order valence-electron chi connectivity index (χ2n) is 9.02. The second kappa shape index (κ2) is 14.5. The fraction of sp³-hybridized carbons (Fsp3) is 0.571. The highest BCUT2D eigenvalue weighted by molar-refractivity contribution is 5.92. The van der Waals surface area contributed by atoms with Crippen molar-refractivity contribution in [1.29, 1.82) is 0 Å². The first kappa shape index (κ1) is 33.8.